The van der Waals surface area contributed by atoms with E-state index in [4.69, 9.17) is 5.73 Å². The number of carbonyl (C=O) groups excluding carboxylic acids is 2. The first-order chi connectivity index (χ1) is 10.0. The Balaban J connectivity index is 2.14. The number of benzene rings is 1. The summed E-state index contributed by atoms with van der Waals surface area (Å²) in [5, 5.41) is 11.1. The van der Waals surface area contributed by atoms with E-state index < -0.39 is 4.92 Å². The number of nitro benzene ring substituents is 1. The van der Waals surface area contributed by atoms with Gasteiger partial charge >= 0.3 is 0 Å². The van der Waals surface area contributed by atoms with Crippen LogP contribution in [0.15, 0.2) is 18.2 Å². The van der Waals surface area contributed by atoms with Crippen molar-refractivity contribution in [1.29, 1.82) is 0 Å². The molecule has 1 aromatic carbocycles. The van der Waals surface area contributed by atoms with E-state index in [1.165, 1.54) is 6.07 Å². The highest BCUT2D eigenvalue weighted by atomic mass is 16.6. The monoisotopic (exact) mass is 291 g/mol. The molecule has 0 radical (unpaired) electrons. The van der Waals surface area contributed by atoms with Gasteiger partial charge in [-0.15, -0.1) is 0 Å². The van der Waals surface area contributed by atoms with E-state index in [-0.39, 0.29) is 23.1 Å². The number of rotatable bonds is 5. The Morgan fingerprint density at radius 2 is 2.10 bits per heavy atom. The van der Waals surface area contributed by atoms with Crippen LogP contribution in [0.1, 0.15) is 29.6 Å². The molecule has 0 aliphatic carbocycles. The molecule has 1 amide bonds. The topological polar surface area (TPSA) is 107 Å². The van der Waals surface area contributed by atoms with Gasteiger partial charge in [0.2, 0.25) is 5.91 Å². The number of nitro groups is 1. The molecule has 2 N–H and O–H groups in total. The van der Waals surface area contributed by atoms with Crippen LogP contribution in [0.2, 0.25) is 0 Å². The normalized spacial score (nSPS) is 15.7. The lowest BCUT2D eigenvalue weighted by molar-refractivity contribution is -0.384. The molecule has 2 rings (SSSR count). The lowest BCUT2D eigenvalue weighted by Crippen LogP contribution is -2.35. The number of piperidine rings is 1. The lowest BCUT2D eigenvalue weighted by Gasteiger charge is -2.32. The molecule has 1 aliphatic heterocycles. The second-order valence-corrected chi connectivity index (χ2v) is 5.22. The second-order valence-electron chi connectivity index (χ2n) is 5.22. The fourth-order valence-corrected chi connectivity index (χ4v) is 2.69. The first-order valence-electron chi connectivity index (χ1n) is 6.78. The standard InChI is InChI=1S/C14H17N3O4/c15-14(19)8-10-3-5-16(6-4-10)12-2-1-11(9-18)7-13(12)17(20)21/h1-2,7,9-10H,3-6,8H2,(H2,15,19). The van der Waals surface area contributed by atoms with E-state index in [0.29, 0.717) is 31.5 Å². The lowest BCUT2D eigenvalue weighted by atomic mass is 9.93. The van der Waals surface area contributed by atoms with Crippen molar-refractivity contribution >= 4 is 23.6 Å². The fraction of sp³-hybridized carbons (Fsp3) is 0.429. The molecule has 21 heavy (non-hydrogen) atoms. The maximum absolute atomic E-state index is 11.1. The molecule has 0 bridgehead atoms. The maximum Gasteiger partial charge on any atom is 0.293 e. The van der Waals surface area contributed by atoms with Crippen LogP contribution in [-0.2, 0) is 4.79 Å². The maximum atomic E-state index is 11.1. The van der Waals surface area contributed by atoms with Gasteiger partial charge in [0.1, 0.15) is 12.0 Å². The Morgan fingerprint density at radius 3 is 2.62 bits per heavy atom. The highest BCUT2D eigenvalue weighted by Crippen LogP contribution is 2.32. The summed E-state index contributed by atoms with van der Waals surface area (Å²) < 4.78 is 0. The van der Waals surface area contributed by atoms with Gasteiger partial charge in [-0.05, 0) is 30.9 Å². The van der Waals surface area contributed by atoms with Gasteiger partial charge in [-0.25, -0.2) is 0 Å². The van der Waals surface area contributed by atoms with Crippen LogP contribution in [0.25, 0.3) is 0 Å². The predicted molar refractivity (Wildman–Crippen MR) is 77.2 cm³/mol. The molecule has 0 unspecified atom stereocenters. The van der Waals surface area contributed by atoms with Gasteiger partial charge in [0.05, 0.1) is 4.92 Å². The summed E-state index contributed by atoms with van der Waals surface area (Å²) in [6, 6.07) is 4.47. The summed E-state index contributed by atoms with van der Waals surface area (Å²) in [5.74, 6) is -0.0678. The molecule has 0 atom stereocenters. The summed E-state index contributed by atoms with van der Waals surface area (Å²) in [6.07, 6.45) is 2.50. The first-order valence-corrected chi connectivity index (χ1v) is 6.78. The number of nitrogens with two attached hydrogens (primary N) is 1. The summed E-state index contributed by atoms with van der Waals surface area (Å²) in [6.45, 7) is 1.28. The van der Waals surface area contributed by atoms with Crippen LogP contribution in [0.4, 0.5) is 11.4 Å². The highest BCUT2D eigenvalue weighted by Gasteiger charge is 2.25. The first kappa shape index (κ1) is 15.0. The minimum absolute atomic E-state index is 0.0621. The molecule has 1 fully saturated rings. The number of nitrogens with zero attached hydrogens (tertiary/aromatic N) is 2. The third kappa shape index (κ3) is 3.56. The van der Waals surface area contributed by atoms with Crippen LogP contribution >= 0.6 is 0 Å². The van der Waals surface area contributed by atoms with E-state index in [2.05, 4.69) is 0 Å². The van der Waals surface area contributed by atoms with E-state index in [9.17, 15) is 19.7 Å². The SMILES string of the molecule is NC(=O)CC1CCN(c2ccc(C=O)cc2[N+](=O)[O-])CC1. The van der Waals surface area contributed by atoms with Gasteiger partial charge in [0.15, 0.2) is 0 Å². The minimum atomic E-state index is -0.474. The van der Waals surface area contributed by atoms with Crippen molar-refractivity contribution in [3.8, 4) is 0 Å². The Bertz CT molecular complexity index is 565. The van der Waals surface area contributed by atoms with E-state index >= 15 is 0 Å². The van der Waals surface area contributed by atoms with Crippen LogP contribution < -0.4 is 10.6 Å². The molecular formula is C14H17N3O4. The average molecular weight is 291 g/mol. The van der Waals surface area contributed by atoms with E-state index in [1.54, 1.807) is 12.1 Å². The molecule has 7 heteroatoms. The van der Waals surface area contributed by atoms with Crippen molar-refractivity contribution in [2.75, 3.05) is 18.0 Å². The van der Waals surface area contributed by atoms with Gasteiger partial charge in [-0.2, -0.15) is 0 Å². The molecule has 1 heterocycles. The molecule has 1 aromatic rings. The van der Waals surface area contributed by atoms with Crippen molar-refractivity contribution in [3.05, 3.63) is 33.9 Å². The van der Waals surface area contributed by atoms with Crippen molar-refractivity contribution in [2.45, 2.75) is 19.3 Å². The van der Waals surface area contributed by atoms with Crippen molar-refractivity contribution in [2.24, 2.45) is 11.7 Å². The molecule has 1 saturated heterocycles. The van der Waals surface area contributed by atoms with E-state index in [0.717, 1.165) is 12.8 Å². The van der Waals surface area contributed by atoms with Gasteiger partial charge < -0.3 is 10.6 Å². The Morgan fingerprint density at radius 1 is 1.43 bits per heavy atom. The predicted octanol–water partition coefficient (Wildman–Crippen LogP) is 1.50. The summed E-state index contributed by atoms with van der Waals surface area (Å²) >= 11 is 0. The van der Waals surface area contributed by atoms with Crippen LogP contribution in [0.5, 0.6) is 0 Å². The molecule has 1 aliphatic rings. The molecule has 112 valence electrons. The summed E-state index contributed by atoms with van der Waals surface area (Å²) in [4.78, 5) is 34.2. The van der Waals surface area contributed by atoms with Gasteiger partial charge in [0, 0.05) is 31.1 Å². The van der Waals surface area contributed by atoms with Crippen LogP contribution in [0.3, 0.4) is 0 Å². The van der Waals surface area contributed by atoms with Gasteiger partial charge in [-0.3, -0.25) is 19.7 Å². The zero-order valence-corrected chi connectivity index (χ0v) is 11.5. The number of hydrogen-bond acceptors (Lipinski definition) is 5. The third-order valence-electron chi connectivity index (χ3n) is 3.78. The zero-order valence-electron chi connectivity index (χ0n) is 11.5. The fourth-order valence-electron chi connectivity index (χ4n) is 2.69. The van der Waals surface area contributed by atoms with Gasteiger partial charge in [0.25, 0.3) is 5.69 Å². The van der Waals surface area contributed by atoms with Crippen LogP contribution in [0, 0.1) is 16.0 Å². The molecule has 0 aromatic heterocycles. The van der Waals surface area contributed by atoms with Crippen molar-refractivity contribution in [1.82, 2.24) is 0 Å². The average Bonchev–Trinajstić information content (AvgIpc) is 2.47. The van der Waals surface area contributed by atoms with E-state index in [1.807, 2.05) is 4.90 Å². The zero-order chi connectivity index (χ0) is 15.4. The number of amides is 1. The number of primary amides is 1. The number of hydrogen-bond donors (Lipinski definition) is 1. The second kappa shape index (κ2) is 6.34. The molecular weight excluding hydrogens is 274 g/mol. The largest absolute Gasteiger partial charge is 0.370 e. The number of aldehydes is 1. The van der Waals surface area contributed by atoms with Crippen LogP contribution in [-0.4, -0.2) is 30.2 Å². The Kier molecular flexibility index (Phi) is 4.52. The Labute approximate surface area is 121 Å². The summed E-state index contributed by atoms with van der Waals surface area (Å²) in [7, 11) is 0. The highest BCUT2D eigenvalue weighted by molar-refractivity contribution is 5.79. The number of carbonyl (C=O) groups is 2. The third-order valence-corrected chi connectivity index (χ3v) is 3.78. The summed E-state index contributed by atoms with van der Waals surface area (Å²) in [5.41, 5.74) is 5.93. The quantitative estimate of drug-likeness (QED) is 0.502. The number of anilines is 1. The van der Waals surface area contributed by atoms with Gasteiger partial charge in [-0.1, -0.05) is 0 Å². The minimum Gasteiger partial charge on any atom is -0.370 e. The molecule has 0 spiro atoms. The van der Waals surface area contributed by atoms with Crippen molar-refractivity contribution in [3.63, 3.8) is 0 Å². The van der Waals surface area contributed by atoms with Crippen molar-refractivity contribution < 1.29 is 14.5 Å². The smallest absolute Gasteiger partial charge is 0.293 e. The Hall–Kier alpha value is -2.44. The molecule has 0 saturated carbocycles. The molecule has 7 nitrogen and oxygen atoms in total.